The molecule has 23 heavy (non-hydrogen) atoms. The minimum absolute atomic E-state index is 0.595. The third-order valence-corrected chi connectivity index (χ3v) is 4.84. The van der Waals surface area contributed by atoms with E-state index in [-0.39, 0.29) is 0 Å². The molecular formula is C18H23N3OS. The van der Waals surface area contributed by atoms with Crippen molar-refractivity contribution in [1.82, 2.24) is 4.90 Å². The summed E-state index contributed by atoms with van der Waals surface area (Å²) >= 11 is 1.69. The summed E-state index contributed by atoms with van der Waals surface area (Å²) in [5.41, 5.74) is 4.09. The minimum atomic E-state index is -0.699. The second kappa shape index (κ2) is 6.07. The molecule has 1 aromatic carbocycles. The van der Waals surface area contributed by atoms with Crippen LogP contribution >= 0.6 is 11.3 Å². The maximum Gasteiger partial charge on any atom is 0.0718 e. The second-order valence-electron chi connectivity index (χ2n) is 6.85. The summed E-state index contributed by atoms with van der Waals surface area (Å²) in [4.78, 5) is 3.33. The Morgan fingerprint density at radius 2 is 2.09 bits per heavy atom. The zero-order chi connectivity index (χ0) is 16.6. The van der Waals surface area contributed by atoms with E-state index in [0.29, 0.717) is 12.3 Å². The summed E-state index contributed by atoms with van der Waals surface area (Å²) in [6.45, 7) is 5.80. The number of fused-ring (bicyclic) bond motifs is 2. The molecule has 0 radical (unpaired) electrons. The molecule has 0 bridgehead atoms. The van der Waals surface area contributed by atoms with Crippen LogP contribution in [0.1, 0.15) is 35.4 Å². The van der Waals surface area contributed by atoms with Crippen molar-refractivity contribution in [1.29, 1.82) is 5.41 Å². The van der Waals surface area contributed by atoms with E-state index in [1.165, 1.54) is 10.4 Å². The van der Waals surface area contributed by atoms with Gasteiger partial charge in [-0.1, -0.05) is 12.1 Å². The van der Waals surface area contributed by atoms with E-state index in [4.69, 9.17) is 5.41 Å². The van der Waals surface area contributed by atoms with Crippen LogP contribution in [0.25, 0.3) is 0 Å². The molecule has 1 aliphatic rings. The lowest BCUT2D eigenvalue weighted by Gasteiger charge is -2.25. The Hall–Kier alpha value is -1.69. The molecular weight excluding hydrogens is 306 g/mol. The van der Waals surface area contributed by atoms with Crippen LogP contribution in [0.2, 0.25) is 0 Å². The number of anilines is 1. The summed E-state index contributed by atoms with van der Waals surface area (Å²) in [5.74, 6) is 0. The maximum atomic E-state index is 9.93. The average molecular weight is 329 g/mol. The molecule has 1 aliphatic heterocycles. The van der Waals surface area contributed by atoms with E-state index in [2.05, 4.69) is 22.3 Å². The number of thiophene rings is 1. The van der Waals surface area contributed by atoms with Crippen LogP contribution in [0.3, 0.4) is 0 Å². The fourth-order valence-electron chi connectivity index (χ4n) is 3.10. The Morgan fingerprint density at radius 3 is 2.83 bits per heavy atom. The van der Waals surface area contributed by atoms with Crippen molar-refractivity contribution in [3.8, 4) is 0 Å². The molecule has 2 aromatic rings. The van der Waals surface area contributed by atoms with E-state index in [1.807, 2.05) is 38.4 Å². The minimum Gasteiger partial charge on any atom is -0.389 e. The van der Waals surface area contributed by atoms with Gasteiger partial charge in [-0.2, -0.15) is 0 Å². The molecule has 3 rings (SSSR count). The molecule has 3 N–H and O–H groups in total. The lowest BCUT2D eigenvalue weighted by Crippen LogP contribution is -2.35. The van der Waals surface area contributed by atoms with Crippen LogP contribution in [0, 0.1) is 5.41 Å². The van der Waals surface area contributed by atoms with Crippen LogP contribution in [0.5, 0.6) is 0 Å². The molecule has 0 atom stereocenters. The number of likely N-dealkylation sites (N-methyl/N-ethyl adjacent to an activating group) is 1. The molecule has 0 aliphatic carbocycles. The van der Waals surface area contributed by atoms with Crippen molar-refractivity contribution in [2.75, 3.05) is 18.9 Å². The Balaban J connectivity index is 1.82. The largest absolute Gasteiger partial charge is 0.389 e. The number of nitrogens with zero attached hydrogens (tertiary/aromatic N) is 1. The SMILES string of the molecule is CN(Cc1ccc2c(c1)NCc1sccc1C2=N)CC(C)(C)O. The molecule has 4 nitrogen and oxygen atoms in total. The number of benzene rings is 1. The monoisotopic (exact) mass is 329 g/mol. The molecule has 0 spiro atoms. The number of nitrogens with one attached hydrogen (secondary N) is 2. The Bertz CT molecular complexity index is 730. The van der Waals surface area contributed by atoms with Gasteiger partial charge in [0, 0.05) is 34.8 Å². The van der Waals surface area contributed by atoms with Gasteiger partial charge in [0.05, 0.1) is 17.9 Å². The van der Waals surface area contributed by atoms with Crippen LogP contribution in [-0.4, -0.2) is 34.9 Å². The van der Waals surface area contributed by atoms with Gasteiger partial charge in [-0.05, 0) is 44.0 Å². The van der Waals surface area contributed by atoms with Crippen LogP contribution in [0.15, 0.2) is 29.6 Å². The third-order valence-electron chi connectivity index (χ3n) is 3.92. The first-order valence-corrected chi connectivity index (χ1v) is 8.65. The highest BCUT2D eigenvalue weighted by Gasteiger charge is 2.20. The quantitative estimate of drug-likeness (QED) is 0.807. The fraction of sp³-hybridized carbons (Fsp3) is 0.389. The van der Waals surface area contributed by atoms with E-state index >= 15 is 0 Å². The summed E-state index contributed by atoms with van der Waals surface area (Å²) in [6, 6.07) is 8.27. The molecule has 0 fully saturated rings. The first kappa shape index (κ1) is 16.2. The average Bonchev–Trinajstić information content (AvgIpc) is 2.86. The van der Waals surface area contributed by atoms with Gasteiger partial charge in [-0.25, -0.2) is 0 Å². The molecule has 0 saturated carbocycles. The van der Waals surface area contributed by atoms with Crippen molar-refractivity contribution in [2.45, 2.75) is 32.5 Å². The van der Waals surface area contributed by atoms with Gasteiger partial charge in [-0.15, -0.1) is 11.3 Å². The summed E-state index contributed by atoms with van der Waals surface area (Å²) in [5, 5.41) is 23.9. The zero-order valence-electron chi connectivity index (χ0n) is 13.8. The van der Waals surface area contributed by atoms with Gasteiger partial charge in [0.15, 0.2) is 0 Å². The van der Waals surface area contributed by atoms with Crippen molar-refractivity contribution in [3.05, 3.63) is 51.2 Å². The van der Waals surface area contributed by atoms with E-state index in [9.17, 15) is 5.11 Å². The van der Waals surface area contributed by atoms with Gasteiger partial charge in [-0.3, -0.25) is 10.3 Å². The van der Waals surface area contributed by atoms with Crippen molar-refractivity contribution in [3.63, 3.8) is 0 Å². The molecule has 5 heteroatoms. The Morgan fingerprint density at radius 1 is 1.30 bits per heavy atom. The van der Waals surface area contributed by atoms with E-state index in [1.54, 1.807) is 11.3 Å². The maximum absolute atomic E-state index is 9.93. The third kappa shape index (κ3) is 3.63. The topological polar surface area (TPSA) is 59.4 Å². The van der Waals surface area contributed by atoms with E-state index < -0.39 is 5.60 Å². The van der Waals surface area contributed by atoms with Crippen molar-refractivity contribution < 1.29 is 5.11 Å². The van der Waals surface area contributed by atoms with Gasteiger partial charge in [0.1, 0.15) is 0 Å². The predicted molar refractivity (Wildman–Crippen MR) is 96.7 cm³/mol. The normalized spacial score (nSPS) is 14.2. The molecule has 1 aromatic heterocycles. The molecule has 0 amide bonds. The molecule has 0 unspecified atom stereocenters. The molecule has 0 saturated heterocycles. The van der Waals surface area contributed by atoms with Crippen molar-refractivity contribution >= 4 is 22.7 Å². The van der Waals surface area contributed by atoms with Crippen LogP contribution in [0.4, 0.5) is 5.69 Å². The standard InChI is InChI=1S/C18H23N3OS/c1-18(2,22)11-21(3)10-12-4-5-13-15(8-12)20-9-16-14(17(13)19)6-7-23-16/h4-8,19-20,22H,9-11H2,1-3H3. The first-order valence-electron chi connectivity index (χ1n) is 7.77. The highest BCUT2D eigenvalue weighted by molar-refractivity contribution is 7.10. The molecule has 122 valence electrons. The van der Waals surface area contributed by atoms with Gasteiger partial charge in [0.2, 0.25) is 0 Å². The van der Waals surface area contributed by atoms with Crippen molar-refractivity contribution in [2.24, 2.45) is 0 Å². The lowest BCUT2D eigenvalue weighted by molar-refractivity contribution is 0.0425. The summed E-state index contributed by atoms with van der Waals surface area (Å²) in [6.07, 6.45) is 0. The first-order chi connectivity index (χ1) is 10.8. The summed E-state index contributed by atoms with van der Waals surface area (Å²) < 4.78 is 0. The second-order valence-corrected chi connectivity index (χ2v) is 7.85. The van der Waals surface area contributed by atoms with Crippen LogP contribution in [-0.2, 0) is 13.1 Å². The highest BCUT2D eigenvalue weighted by Crippen LogP contribution is 2.30. The van der Waals surface area contributed by atoms with Gasteiger partial charge in [0.25, 0.3) is 0 Å². The molecule has 2 heterocycles. The summed E-state index contributed by atoms with van der Waals surface area (Å²) in [7, 11) is 2.01. The van der Waals surface area contributed by atoms with Gasteiger partial charge < -0.3 is 10.4 Å². The fourth-order valence-corrected chi connectivity index (χ4v) is 3.92. The Labute approximate surface area is 141 Å². The lowest BCUT2D eigenvalue weighted by atomic mass is 10.0. The smallest absolute Gasteiger partial charge is 0.0718 e. The highest BCUT2D eigenvalue weighted by atomic mass is 32.1. The number of hydrogen-bond acceptors (Lipinski definition) is 5. The van der Waals surface area contributed by atoms with Gasteiger partial charge >= 0.3 is 0 Å². The number of rotatable bonds is 4. The number of hydrogen-bond donors (Lipinski definition) is 3. The van der Waals surface area contributed by atoms with Crippen LogP contribution < -0.4 is 5.32 Å². The Kier molecular flexibility index (Phi) is 4.27. The zero-order valence-corrected chi connectivity index (χ0v) is 14.6. The van der Waals surface area contributed by atoms with E-state index in [0.717, 1.165) is 29.9 Å². The number of aliphatic hydroxyl groups is 1. The predicted octanol–water partition coefficient (Wildman–Crippen LogP) is 3.29.